The fraction of sp³-hybridized carbons (Fsp3) is 0.316. The number of nitrogens with one attached hydrogen (secondary N) is 1. The van der Waals surface area contributed by atoms with Crippen LogP contribution in [0.15, 0.2) is 48.5 Å². The van der Waals surface area contributed by atoms with Crippen LogP contribution in [-0.4, -0.2) is 5.91 Å². The maximum Gasteiger partial charge on any atom is 0.223 e. The van der Waals surface area contributed by atoms with E-state index in [1.54, 1.807) is 18.2 Å². The first-order chi connectivity index (χ1) is 10.6. The average molecular weight is 297 g/mol. The van der Waals surface area contributed by atoms with E-state index in [-0.39, 0.29) is 24.2 Å². The molecular weight excluding hydrogens is 277 g/mol. The quantitative estimate of drug-likeness (QED) is 0.919. The van der Waals surface area contributed by atoms with Gasteiger partial charge in [-0.15, -0.1) is 0 Å². The molecule has 2 aromatic carbocycles. The number of hydrogen-bond acceptors (Lipinski definition) is 1. The highest BCUT2D eigenvalue weighted by Crippen LogP contribution is 2.31. The smallest absolute Gasteiger partial charge is 0.223 e. The van der Waals surface area contributed by atoms with Crippen LogP contribution in [0.3, 0.4) is 0 Å². The van der Waals surface area contributed by atoms with Crippen molar-refractivity contribution in [3.05, 3.63) is 71.0 Å². The summed E-state index contributed by atoms with van der Waals surface area (Å²) in [6.07, 6.45) is 1.90. The van der Waals surface area contributed by atoms with E-state index in [0.29, 0.717) is 11.5 Å². The fourth-order valence-electron chi connectivity index (χ4n) is 3.15. The van der Waals surface area contributed by atoms with Crippen LogP contribution in [0.5, 0.6) is 0 Å². The number of rotatable bonds is 4. The summed E-state index contributed by atoms with van der Waals surface area (Å²) in [6.45, 7) is 2.21. The molecule has 1 unspecified atom stereocenters. The Bertz CT molecular complexity index is 658. The van der Waals surface area contributed by atoms with Crippen LogP contribution in [0, 0.1) is 17.7 Å². The molecule has 2 aromatic rings. The summed E-state index contributed by atoms with van der Waals surface area (Å²) in [5.74, 6) is -0.0121. The van der Waals surface area contributed by atoms with Crippen molar-refractivity contribution >= 4 is 5.91 Å². The van der Waals surface area contributed by atoms with Crippen LogP contribution < -0.4 is 5.32 Å². The Kier molecular flexibility index (Phi) is 4.23. The number of fused-ring (bicyclic) bond motifs is 1. The molecule has 22 heavy (non-hydrogen) atoms. The molecule has 0 bridgehead atoms. The van der Waals surface area contributed by atoms with Crippen LogP contribution in [0.1, 0.15) is 23.6 Å². The first-order valence-corrected chi connectivity index (χ1v) is 7.73. The van der Waals surface area contributed by atoms with Crippen molar-refractivity contribution in [2.24, 2.45) is 11.8 Å². The van der Waals surface area contributed by atoms with Gasteiger partial charge in [0.05, 0.1) is 0 Å². The van der Waals surface area contributed by atoms with Gasteiger partial charge in [-0.25, -0.2) is 4.39 Å². The first kappa shape index (κ1) is 14.8. The van der Waals surface area contributed by atoms with Crippen molar-refractivity contribution < 1.29 is 9.18 Å². The highest BCUT2D eigenvalue weighted by atomic mass is 19.1. The minimum atomic E-state index is -0.274. The molecule has 1 atom stereocenters. The summed E-state index contributed by atoms with van der Waals surface area (Å²) in [7, 11) is 0. The lowest BCUT2D eigenvalue weighted by molar-refractivity contribution is -0.126. The van der Waals surface area contributed by atoms with Crippen molar-refractivity contribution in [1.29, 1.82) is 0 Å². The first-order valence-electron chi connectivity index (χ1n) is 7.73. The van der Waals surface area contributed by atoms with Crippen LogP contribution in [0.25, 0.3) is 0 Å². The van der Waals surface area contributed by atoms with Crippen LogP contribution in [-0.2, 0) is 24.2 Å². The normalized spacial score (nSPS) is 15.4. The maximum absolute atomic E-state index is 13.6. The Balaban J connectivity index is 1.58. The zero-order chi connectivity index (χ0) is 15.5. The largest absolute Gasteiger partial charge is 0.352 e. The van der Waals surface area contributed by atoms with E-state index in [0.717, 1.165) is 12.8 Å². The zero-order valence-electron chi connectivity index (χ0n) is 12.7. The van der Waals surface area contributed by atoms with Gasteiger partial charge in [-0.3, -0.25) is 4.79 Å². The maximum atomic E-state index is 13.6. The van der Waals surface area contributed by atoms with Crippen molar-refractivity contribution in [3.63, 3.8) is 0 Å². The monoisotopic (exact) mass is 297 g/mol. The fourth-order valence-corrected chi connectivity index (χ4v) is 3.15. The zero-order valence-corrected chi connectivity index (χ0v) is 12.7. The molecule has 1 aliphatic rings. The molecule has 0 heterocycles. The van der Waals surface area contributed by atoms with Crippen LogP contribution >= 0.6 is 0 Å². The molecule has 0 radical (unpaired) electrons. The van der Waals surface area contributed by atoms with Gasteiger partial charge in [-0.05, 0) is 36.0 Å². The second-order valence-corrected chi connectivity index (χ2v) is 6.03. The second-order valence-electron chi connectivity index (χ2n) is 6.03. The average Bonchev–Trinajstić information content (AvgIpc) is 2.97. The topological polar surface area (TPSA) is 29.1 Å². The lowest BCUT2D eigenvalue weighted by Crippen LogP contribution is -2.33. The number of amides is 1. The lowest BCUT2D eigenvalue weighted by Gasteiger charge is -2.18. The third kappa shape index (κ3) is 3.03. The number of benzene rings is 2. The van der Waals surface area contributed by atoms with Gasteiger partial charge in [-0.1, -0.05) is 49.4 Å². The predicted octanol–water partition coefficient (Wildman–Crippen LogP) is 3.49. The molecule has 114 valence electrons. The van der Waals surface area contributed by atoms with Gasteiger partial charge in [0.15, 0.2) is 0 Å². The third-order valence-electron chi connectivity index (χ3n) is 4.61. The Hall–Kier alpha value is -2.16. The molecule has 0 aliphatic heterocycles. The summed E-state index contributed by atoms with van der Waals surface area (Å²) in [6, 6.07) is 14.9. The van der Waals surface area contributed by atoms with Gasteiger partial charge in [0.1, 0.15) is 5.82 Å². The van der Waals surface area contributed by atoms with Gasteiger partial charge in [0.25, 0.3) is 0 Å². The highest BCUT2D eigenvalue weighted by molar-refractivity contribution is 5.78. The standard InChI is InChI=1S/C19H20FNO/c1-13(17-10-14-6-2-3-7-15(14)11-17)19(22)21-12-16-8-4-5-9-18(16)20/h2-9,13,17H,10-12H2,1H3,(H,21,22). The molecule has 0 spiro atoms. The molecule has 3 rings (SSSR count). The van der Waals surface area contributed by atoms with E-state index in [1.807, 2.05) is 19.1 Å². The van der Waals surface area contributed by atoms with Gasteiger partial charge < -0.3 is 5.32 Å². The molecule has 2 nitrogen and oxygen atoms in total. The molecular formula is C19H20FNO. The van der Waals surface area contributed by atoms with Gasteiger partial charge >= 0.3 is 0 Å². The van der Waals surface area contributed by atoms with Crippen molar-refractivity contribution in [3.8, 4) is 0 Å². The van der Waals surface area contributed by atoms with E-state index in [4.69, 9.17) is 0 Å². The van der Waals surface area contributed by atoms with Crippen molar-refractivity contribution in [1.82, 2.24) is 5.32 Å². The summed E-state index contributed by atoms with van der Waals surface area (Å²) >= 11 is 0. The van der Waals surface area contributed by atoms with Crippen molar-refractivity contribution in [2.45, 2.75) is 26.3 Å². The molecule has 1 amide bonds. The van der Waals surface area contributed by atoms with E-state index < -0.39 is 0 Å². The van der Waals surface area contributed by atoms with Gasteiger partial charge in [-0.2, -0.15) is 0 Å². The highest BCUT2D eigenvalue weighted by Gasteiger charge is 2.29. The Morgan fingerprint density at radius 3 is 2.36 bits per heavy atom. The Morgan fingerprint density at radius 1 is 1.14 bits per heavy atom. The van der Waals surface area contributed by atoms with E-state index in [1.165, 1.54) is 17.2 Å². The summed E-state index contributed by atoms with van der Waals surface area (Å²) in [5.41, 5.74) is 3.22. The van der Waals surface area contributed by atoms with E-state index in [9.17, 15) is 9.18 Å². The minimum Gasteiger partial charge on any atom is -0.352 e. The number of hydrogen-bond donors (Lipinski definition) is 1. The molecule has 0 saturated carbocycles. The molecule has 1 aliphatic carbocycles. The van der Waals surface area contributed by atoms with Crippen molar-refractivity contribution in [2.75, 3.05) is 0 Å². The van der Waals surface area contributed by atoms with Crippen LogP contribution in [0.4, 0.5) is 4.39 Å². The molecule has 0 saturated heterocycles. The molecule has 3 heteroatoms. The number of carbonyl (C=O) groups is 1. The summed E-state index contributed by atoms with van der Waals surface area (Å²) in [4.78, 5) is 12.3. The SMILES string of the molecule is CC(C(=O)NCc1ccccc1F)C1Cc2ccccc2C1. The molecule has 0 fully saturated rings. The minimum absolute atomic E-state index is 0.000981. The third-order valence-corrected chi connectivity index (χ3v) is 4.61. The predicted molar refractivity (Wildman–Crippen MR) is 84.8 cm³/mol. The molecule has 1 N–H and O–H groups in total. The Morgan fingerprint density at radius 2 is 1.73 bits per heavy atom. The number of halogens is 1. The molecule has 0 aromatic heterocycles. The van der Waals surface area contributed by atoms with Gasteiger partial charge in [0.2, 0.25) is 5.91 Å². The summed E-state index contributed by atoms with van der Waals surface area (Å²) in [5, 5.41) is 2.86. The summed E-state index contributed by atoms with van der Waals surface area (Å²) < 4.78 is 13.6. The van der Waals surface area contributed by atoms with Crippen LogP contribution in [0.2, 0.25) is 0 Å². The Labute approximate surface area is 130 Å². The second kappa shape index (κ2) is 6.30. The lowest BCUT2D eigenvalue weighted by atomic mass is 9.90. The van der Waals surface area contributed by atoms with E-state index >= 15 is 0 Å². The van der Waals surface area contributed by atoms with Gasteiger partial charge in [0, 0.05) is 18.0 Å². The number of carbonyl (C=O) groups excluding carboxylic acids is 1. The van der Waals surface area contributed by atoms with E-state index in [2.05, 4.69) is 17.4 Å².